The van der Waals surface area contributed by atoms with Gasteiger partial charge in [-0.3, -0.25) is 4.79 Å². The van der Waals surface area contributed by atoms with Crippen molar-refractivity contribution < 1.29 is 13.9 Å². The van der Waals surface area contributed by atoms with Crippen LogP contribution < -0.4 is 0 Å². The van der Waals surface area contributed by atoms with Gasteiger partial charge in [-0.1, -0.05) is 17.7 Å². The SMILES string of the molecule is CC1CC(C(=O)C(C#N)c2ccc(F)cc2Cl)CO1. The van der Waals surface area contributed by atoms with Crippen molar-refractivity contribution >= 4 is 17.4 Å². The number of hydrogen-bond donors (Lipinski definition) is 0. The Hall–Kier alpha value is -1.44. The molecule has 1 aliphatic heterocycles. The fourth-order valence-corrected chi connectivity index (χ4v) is 2.55. The number of Topliss-reactive ketones (excluding diaryl/α,β-unsaturated/α-hetero) is 1. The second-order valence-electron chi connectivity index (χ2n) is 4.71. The molecule has 0 N–H and O–H groups in total. The summed E-state index contributed by atoms with van der Waals surface area (Å²) in [4.78, 5) is 12.3. The molecule has 1 heterocycles. The third-order valence-corrected chi connectivity index (χ3v) is 3.62. The minimum absolute atomic E-state index is 0.0250. The first-order valence-corrected chi connectivity index (χ1v) is 6.40. The molecule has 2 rings (SSSR count). The van der Waals surface area contributed by atoms with Crippen molar-refractivity contribution in [3.8, 4) is 6.07 Å². The quantitative estimate of drug-likeness (QED) is 0.855. The lowest BCUT2D eigenvalue weighted by atomic mass is 9.87. The number of nitrogens with zero attached hydrogens (tertiary/aromatic N) is 1. The summed E-state index contributed by atoms with van der Waals surface area (Å²) >= 11 is 5.91. The highest BCUT2D eigenvalue weighted by Crippen LogP contribution is 2.31. The third kappa shape index (κ3) is 2.94. The molecule has 0 bridgehead atoms. The fraction of sp³-hybridized carbons (Fsp3) is 0.429. The number of carbonyl (C=O) groups excluding carboxylic acids is 1. The maximum absolute atomic E-state index is 13.0. The monoisotopic (exact) mass is 281 g/mol. The number of carbonyl (C=O) groups is 1. The molecular formula is C14H13ClFNO2. The normalized spacial score (nSPS) is 23.9. The first-order chi connectivity index (χ1) is 9.02. The molecule has 3 unspecified atom stereocenters. The summed E-state index contributed by atoms with van der Waals surface area (Å²) < 4.78 is 18.3. The van der Waals surface area contributed by atoms with Crippen LogP contribution in [0.25, 0.3) is 0 Å². The van der Waals surface area contributed by atoms with Gasteiger partial charge in [0, 0.05) is 10.9 Å². The summed E-state index contributed by atoms with van der Waals surface area (Å²) in [6, 6.07) is 5.66. The molecule has 0 spiro atoms. The maximum Gasteiger partial charge on any atom is 0.159 e. The van der Waals surface area contributed by atoms with Gasteiger partial charge in [0.15, 0.2) is 5.78 Å². The first-order valence-electron chi connectivity index (χ1n) is 6.02. The molecule has 19 heavy (non-hydrogen) atoms. The van der Waals surface area contributed by atoms with E-state index in [0.29, 0.717) is 18.6 Å². The highest BCUT2D eigenvalue weighted by Gasteiger charge is 2.34. The Kier molecular flexibility index (Phi) is 4.18. The topological polar surface area (TPSA) is 50.1 Å². The van der Waals surface area contributed by atoms with E-state index in [4.69, 9.17) is 16.3 Å². The molecule has 5 heteroatoms. The van der Waals surface area contributed by atoms with Crippen LogP contribution in [0.15, 0.2) is 18.2 Å². The van der Waals surface area contributed by atoms with E-state index >= 15 is 0 Å². The standard InChI is InChI=1S/C14H13ClFNO2/c1-8-4-9(7-19-8)14(18)12(6-17)11-3-2-10(16)5-13(11)15/h2-3,5,8-9,12H,4,7H2,1H3. The summed E-state index contributed by atoms with van der Waals surface area (Å²) in [5, 5.41) is 9.31. The Morgan fingerprint density at radius 2 is 2.37 bits per heavy atom. The number of ether oxygens (including phenoxy) is 1. The molecule has 1 aromatic rings. The Bertz CT molecular complexity index is 541. The number of ketones is 1. The van der Waals surface area contributed by atoms with Gasteiger partial charge in [-0.25, -0.2) is 4.39 Å². The highest BCUT2D eigenvalue weighted by atomic mass is 35.5. The van der Waals surface area contributed by atoms with E-state index in [9.17, 15) is 14.4 Å². The second kappa shape index (κ2) is 5.68. The summed E-state index contributed by atoms with van der Waals surface area (Å²) in [5.74, 6) is -1.95. The Morgan fingerprint density at radius 1 is 1.63 bits per heavy atom. The molecule has 0 amide bonds. The van der Waals surface area contributed by atoms with Crippen LogP contribution in [0.2, 0.25) is 5.02 Å². The largest absolute Gasteiger partial charge is 0.378 e. The summed E-state index contributed by atoms with van der Waals surface area (Å²) in [6.45, 7) is 2.22. The molecule has 1 saturated heterocycles. The van der Waals surface area contributed by atoms with E-state index in [1.807, 2.05) is 13.0 Å². The van der Waals surface area contributed by atoms with Crippen LogP contribution in [0.1, 0.15) is 24.8 Å². The lowest BCUT2D eigenvalue weighted by molar-refractivity contribution is -0.123. The van der Waals surface area contributed by atoms with E-state index < -0.39 is 11.7 Å². The van der Waals surface area contributed by atoms with Crippen LogP contribution in [0.3, 0.4) is 0 Å². The average Bonchev–Trinajstić information content (AvgIpc) is 2.79. The molecule has 3 nitrogen and oxygen atoms in total. The number of nitriles is 1. The molecule has 1 aliphatic rings. The molecule has 100 valence electrons. The number of hydrogen-bond acceptors (Lipinski definition) is 3. The van der Waals surface area contributed by atoms with Crippen LogP contribution in [0.4, 0.5) is 4.39 Å². The van der Waals surface area contributed by atoms with E-state index in [2.05, 4.69) is 0 Å². The zero-order chi connectivity index (χ0) is 14.0. The van der Waals surface area contributed by atoms with E-state index in [1.165, 1.54) is 12.1 Å². The van der Waals surface area contributed by atoms with Gasteiger partial charge < -0.3 is 4.74 Å². The zero-order valence-electron chi connectivity index (χ0n) is 10.4. The van der Waals surface area contributed by atoms with Crippen molar-refractivity contribution in [2.24, 2.45) is 5.92 Å². The lowest BCUT2D eigenvalue weighted by Crippen LogP contribution is -2.22. The summed E-state index contributed by atoms with van der Waals surface area (Å²) in [5.41, 5.74) is 0.357. The third-order valence-electron chi connectivity index (χ3n) is 3.29. The van der Waals surface area contributed by atoms with Crippen LogP contribution in [-0.2, 0) is 9.53 Å². The lowest BCUT2D eigenvalue weighted by Gasteiger charge is -2.14. The van der Waals surface area contributed by atoms with Crippen molar-refractivity contribution in [2.45, 2.75) is 25.4 Å². The van der Waals surface area contributed by atoms with Crippen LogP contribution in [0.5, 0.6) is 0 Å². The van der Waals surface area contributed by atoms with Crippen molar-refractivity contribution in [1.82, 2.24) is 0 Å². The van der Waals surface area contributed by atoms with Gasteiger partial charge in [-0.2, -0.15) is 5.26 Å². The molecule has 3 atom stereocenters. The summed E-state index contributed by atoms with van der Waals surface area (Å²) in [7, 11) is 0. The van der Waals surface area contributed by atoms with Crippen LogP contribution in [0, 0.1) is 23.1 Å². The molecule has 0 radical (unpaired) electrons. The summed E-state index contributed by atoms with van der Waals surface area (Å²) in [6.07, 6.45) is 0.632. The predicted octanol–water partition coefficient (Wildman–Crippen LogP) is 3.08. The maximum atomic E-state index is 13.0. The molecule has 1 fully saturated rings. The van der Waals surface area contributed by atoms with E-state index in [0.717, 1.165) is 6.07 Å². The number of benzene rings is 1. The van der Waals surface area contributed by atoms with Gasteiger partial charge in [0.25, 0.3) is 0 Å². The second-order valence-corrected chi connectivity index (χ2v) is 5.11. The molecule has 0 aromatic heterocycles. The molecule has 0 saturated carbocycles. The van der Waals surface area contributed by atoms with Crippen molar-refractivity contribution in [3.05, 3.63) is 34.6 Å². The highest BCUT2D eigenvalue weighted by molar-refractivity contribution is 6.31. The van der Waals surface area contributed by atoms with Crippen molar-refractivity contribution in [3.63, 3.8) is 0 Å². The van der Waals surface area contributed by atoms with Crippen LogP contribution in [-0.4, -0.2) is 18.5 Å². The predicted molar refractivity (Wildman–Crippen MR) is 68.3 cm³/mol. The van der Waals surface area contributed by atoms with E-state index in [1.54, 1.807) is 0 Å². The van der Waals surface area contributed by atoms with Gasteiger partial charge in [0.05, 0.1) is 18.8 Å². The van der Waals surface area contributed by atoms with Crippen molar-refractivity contribution in [1.29, 1.82) is 5.26 Å². The number of rotatable bonds is 3. The van der Waals surface area contributed by atoms with Crippen molar-refractivity contribution in [2.75, 3.05) is 6.61 Å². The smallest absolute Gasteiger partial charge is 0.159 e. The molecule has 0 aliphatic carbocycles. The average molecular weight is 282 g/mol. The minimum atomic E-state index is -0.966. The van der Waals surface area contributed by atoms with Gasteiger partial charge in [-0.05, 0) is 31.0 Å². The zero-order valence-corrected chi connectivity index (χ0v) is 11.2. The van der Waals surface area contributed by atoms with Gasteiger partial charge in [0.2, 0.25) is 0 Å². The van der Waals surface area contributed by atoms with Gasteiger partial charge in [0.1, 0.15) is 11.7 Å². The van der Waals surface area contributed by atoms with Gasteiger partial charge in [-0.15, -0.1) is 0 Å². The van der Waals surface area contributed by atoms with Crippen LogP contribution >= 0.6 is 11.6 Å². The van der Waals surface area contributed by atoms with Gasteiger partial charge >= 0.3 is 0 Å². The Balaban J connectivity index is 2.25. The molecule has 1 aromatic carbocycles. The Morgan fingerprint density at radius 3 is 2.89 bits per heavy atom. The Labute approximate surface area is 115 Å². The van der Waals surface area contributed by atoms with E-state index in [-0.39, 0.29) is 22.8 Å². The molecular weight excluding hydrogens is 269 g/mol. The first kappa shape index (κ1) is 14.0. The fourth-order valence-electron chi connectivity index (χ4n) is 2.27. The minimum Gasteiger partial charge on any atom is -0.378 e. The number of halogens is 2.